The Morgan fingerprint density at radius 2 is 1.83 bits per heavy atom. The third kappa shape index (κ3) is 4.54. The summed E-state index contributed by atoms with van der Waals surface area (Å²) in [7, 11) is -3.63. The summed E-state index contributed by atoms with van der Waals surface area (Å²) < 4.78 is 40.6. The van der Waals surface area contributed by atoms with E-state index in [0.29, 0.717) is 49.8 Å². The molecule has 0 aliphatic carbocycles. The smallest absolute Gasteiger partial charge is 0.339 e. The number of morpholine rings is 1. The third-order valence-electron chi connectivity index (χ3n) is 6.20. The minimum Gasteiger partial charge on any atom is -0.454 e. The number of imidazole rings is 1. The first-order valence-electron chi connectivity index (χ1n) is 11.7. The van der Waals surface area contributed by atoms with Crippen LogP contribution in [0.2, 0.25) is 0 Å². The summed E-state index contributed by atoms with van der Waals surface area (Å²) in [6, 6.07) is 18.2. The number of carbonyl (C=O) groups excluding carboxylic acids is 1. The molecule has 9 heteroatoms. The van der Waals surface area contributed by atoms with Crippen molar-refractivity contribution in [2.24, 2.45) is 0 Å². The molecule has 5 rings (SSSR count). The van der Waals surface area contributed by atoms with Gasteiger partial charge < -0.3 is 14.0 Å². The molecule has 0 spiro atoms. The summed E-state index contributed by atoms with van der Waals surface area (Å²) in [4.78, 5) is 17.8. The summed E-state index contributed by atoms with van der Waals surface area (Å²) in [6.07, 6.45) is 0.851. The van der Waals surface area contributed by atoms with Gasteiger partial charge in [0.25, 0.3) is 0 Å². The maximum Gasteiger partial charge on any atom is 0.339 e. The average molecular weight is 494 g/mol. The van der Waals surface area contributed by atoms with Crippen LogP contribution in [0.15, 0.2) is 65.6 Å². The van der Waals surface area contributed by atoms with Crippen molar-refractivity contribution >= 4 is 37.8 Å². The molecule has 1 fully saturated rings. The summed E-state index contributed by atoms with van der Waals surface area (Å²) in [5.74, 6) is 0.156. The Bertz CT molecular complexity index is 1480. The summed E-state index contributed by atoms with van der Waals surface area (Å²) >= 11 is 0. The van der Waals surface area contributed by atoms with Crippen LogP contribution in [0.25, 0.3) is 21.8 Å². The lowest BCUT2D eigenvalue weighted by Gasteiger charge is -2.26. The van der Waals surface area contributed by atoms with E-state index in [1.807, 2.05) is 41.0 Å². The standard InChI is InChI=1S/C26H27N3O5S/c1-2-12-29-24-11-10-20(35(31,32)28-13-15-33-16-14-28)17-23(24)27-25(29)18-34-26(30)22-9-5-7-19-6-3-4-8-21(19)22/h3-11,17H,2,12-16,18H2,1H3. The molecule has 1 aromatic heterocycles. The van der Waals surface area contributed by atoms with Gasteiger partial charge in [0.2, 0.25) is 10.0 Å². The Kier molecular flexibility index (Phi) is 6.55. The first-order chi connectivity index (χ1) is 17.0. The Morgan fingerprint density at radius 1 is 1.06 bits per heavy atom. The molecule has 0 unspecified atom stereocenters. The quantitative estimate of drug-likeness (QED) is 0.362. The highest BCUT2D eigenvalue weighted by molar-refractivity contribution is 7.89. The van der Waals surface area contributed by atoms with Gasteiger partial charge in [0.1, 0.15) is 12.4 Å². The third-order valence-corrected chi connectivity index (χ3v) is 8.09. The fraction of sp³-hybridized carbons (Fsp3) is 0.308. The summed E-state index contributed by atoms with van der Waals surface area (Å²) in [5, 5.41) is 1.80. The van der Waals surface area contributed by atoms with E-state index < -0.39 is 16.0 Å². The topological polar surface area (TPSA) is 90.7 Å². The number of nitrogens with zero attached hydrogens (tertiary/aromatic N) is 3. The van der Waals surface area contributed by atoms with Crippen LogP contribution in [0.1, 0.15) is 29.5 Å². The number of rotatable bonds is 7. The number of carbonyl (C=O) groups is 1. The van der Waals surface area contributed by atoms with E-state index in [-0.39, 0.29) is 11.5 Å². The lowest BCUT2D eigenvalue weighted by Crippen LogP contribution is -2.40. The monoisotopic (exact) mass is 493 g/mol. The number of esters is 1. The SMILES string of the molecule is CCCn1c(COC(=O)c2cccc3ccccc23)nc2cc(S(=O)(=O)N3CCOCC3)ccc21. The van der Waals surface area contributed by atoms with E-state index in [9.17, 15) is 13.2 Å². The average Bonchev–Trinajstić information content (AvgIpc) is 3.24. The zero-order chi connectivity index (χ0) is 24.4. The molecule has 4 aromatic rings. The van der Waals surface area contributed by atoms with E-state index in [2.05, 4.69) is 11.9 Å². The Hall–Kier alpha value is -3.27. The number of aromatic nitrogens is 2. The maximum absolute atomic E-state index is 13.1. The molecule has 0 atom stereocenters. The molecule has 0 N–H and O–H groups in total. The van der Waals surface area contributed by atoms with Crippen molar-refractivity contribution in [3.63, 3.8) is 0 Å². The number of hydrogen-bond acceptors (Lipinski definition) is 6. The molecule has 0 radical (unpaired) electrons. The predicted molar refractivity (Wildman–Crippen MR) is 133 cm³/mol. The normalized spacial score (nSPS) is 15.0. The van der Waals surface area contributed by atoms with Gasteiger partial charge in [-0.25, -0.2) is 18.2 Å². The van der Waals surface area contributed by atoms with E-state index in [4.69, 9.17) is 9.47 Å². The molecular formula is C26H27N3O5S. The van der Waals surface area contributed by atoms with E-state index in [1.165, 1.54) is 4.31 Å². The van der Waals surface area contributed by atoms with Gasteiger partial charge in [0, 0.05) is 19.6 Å². The molecule has 1 saturated heterocycles. The summed E-state index contributed by atoms with van der Waals surface area (Å²) in [5.41, 5.74) is 1.87. The van der Waals surface area contributed by atoms with Gasteiger partial charge in [-0.3, -0.25) is 0 Å². The highest BCUT2D eigenvalue weighted by Gasteiger charge is 2.27. The van der Waals surface area contributed by atoms with Gasteiger partial charge in [0.15, 0.2) is 0 Å². The number of ether oxygens (including phenoxy) is 2. The second kappa shape index (κ2) is 9.77. The molecular weight excluding hydrogens is 466 g/mol. The Labute approximate surface area is 204 Å². The summed E-state index contributed by atoms with van der Waals surface area (Å²) in [6.45, 7) is 4.15. The largest absolute Gasteiger partial charge is 0.454 e. The number of hydrogen-bond donors (Lipinski definition) is 0. The van der Waals surface area contributed by atoms with Crippen LogP contribution in [0.4, 0.5) is 0 Å². The van der Waals surface area contributed by atoms with E-state index in [0.717, 1.165) is 22.7 Å². The highest BCUT2D eigenvalue weighted by Crippen LogP contribution is 2.25. The van der Waals surface area contributed by atoms with Crippen molar-refractivity contribution in [2.75, 3.05) is 26.3 Å². The molecule has 2 heterocycles. The molecule has 182 valence electrons. The molecule has 35 heavy (non-hydrogen) atoms. The van der Waals surface area contributed by atoms with Crippen molar-refractivity contribution in [1.29, 1.82) is 0 Å². The van der Waals surface area contributed by atoms with Crippen LogP contribution in [0, 0.1) is 0 Å². The van der Waals surface area contributed by atoms with Crippen molar-refractivity contribution in [3.05, 3.63) is 72.1 Å². The van der Waals surface area contributed by atoms with E-state index >= 15 is 0 Å². The Balaban J connectivity index is 1.43. The van der Waals surface area contributed by atoms with Crippen LogP contribution in [0.5, 0.6) is 0 Å². The molecule has 3 aromatic carbocycles. The zero-order valence-corrected chi connectivity index (χ0v) is 20.3. The minimum absolute atomic E-state index is 0.0116. The van der Waals surface area contributed by atoms with Crippen molar-refractivity contribution < 1.29 is 22.7 Å². The predicted octanol–water partition coefficient (Wildman–Crippen LogP) is 3.98. The van der Waals surface area contributed by atoms with Gasteiger partial charge in [0.05, 0.1) is 34.7 Å². The van der Waals surface area contributed by atoms with Gasteiger partial charge in [-0.1, -0.05) is 43.3 Å². The van der Waals surface area contributed by atoms with Crippen LogP contribution in [0.3, 0.4) is 0 Å². The zero-order valence-electron chi connectivity index (χ0n) is 19.5. The highest BCUT2D eigenvalue weighted by atomic mass is 32.2. The van der Waals surface area contributed by atoms with Gasteiger partial charge in [-0.15, -0.1) is 0 Å². The van der Waals surface area contributed by atoms with Crippen LogP contribution >= 0.6 is 0 Å². The second-order valence-electron chi connectivity index (χ2n) is 8.45. The molecule has 0 saturated carbocycles. The van der Waals surface area contributed by atoms with Crippen LogP contribution < -0.4 is 0 Å². The minimum atomic E-state index is -3.63. The fourth-order valence-electron chi connectivity index (χ4n) is 4.45. The molecule has 0 bridgehead atoms. The van der Waals surface area contributed by atoms with E-state index in [1.54, 1.807) is 24.3 Å². The Morgan fingerprint density at radius 3 is 2.63 bits per heavy atom. The molecule has 8 nitrogen and oxygen atoms in total. The van der Waals surface area contributed by atoms with Crippen LogP contribution in [-0.2, 0) is 32.6 Å². The lowest BCUT2D eigenvalue weighted by atomic mass is 10.1. The van der Waals surface area contributed by atoms with Gasteiger partial charge >= 0.3 is 5.97 Å². The van der Waals surface area contributed by atoms with Crippen molar-refractivity contribution in [2.45, 2.75) is 31.4 Å². The van der Waals surface area contributed by atoms with Crippen molar-refractivity contribution in [3.8, 4) is 0 Å². The molecule has 0 amide bonds. The van der Waals surface area contributed by atoms with Crippen LogP contribution in [-0.4, -0.2) is 54.5 Å². The second-order valence-corrected chi connectivity index (χ2v) is 10.4. The lowest BCUT2D eigenvalue weighted by molar-refractivity contribution is 0.0461. The van der Waals surface area contributed by atoms with Gasteiger partial charge in [-0.05, 0) is 41.5 Å². The number of benzene rings is 3. The first-order valence-corrected chi connectivity index (χ1v) is 13.1. The number of sulfonamides is 1. The first kappa shape index (κ1) is 23.5. The molecule has 1 aliphatic rings. The fourth-order valence-corrected chi connectivity index (χ4v) is 5.88. The number of aryl methyl sites for hydroxylation is 1. The maximum atomic E-state index is 13.1. The van der Waals surface area contributed by atoms with Crippen molar-refractivity contribution in [1.82, 2.24) is 13.9 Å². The molecule has 1 aliphatic heterocycles. The number of fused-ring (bicyclic) bond motifs is 2. The van der Waals surface area contributed by atoms with Gasteiger partial charge in [-0.2, -0.15) is 4.31 Å².